The Balaban J connectivity index is 0.00000132. The summed E-state index contributed by atoms with van der Waals surface area (Å²) in [6.45, 7) is 2.99. The van der Waals surface area contributed by atoms with Gasteiger partial charge in [0.05, 0.1) is 5.54 Å². The number of carbonyl (C=O) groups is 1. The van der Waals surface area contributed by atoms with Gasteiger partial charge in [-0.05, 0) is 44.2 Å². The maximum absolute atomic E-state index is 12.2. The molecule has 130 valence electrons. The van der Waals surface area contributed by atoms with Crippen molar-refractivity contribution in [3.63, 3.8) is 0 Å². The van der Waals surface area contributed by atoms with Crippen molar-refractivity contribution in [2.75, 3.05) is 13.1 Å². The van der Waals surface area contributed by atoms with Crippen LogP contribution in [-0.2, 0) is 11.3 Å². The third-order valence-corrected chi connectivity index (χ3v) is 4.79. The van der Waals surface area contributed by atoms with Crippen LogP contribution in [0.25, 0.3) is 0 Å². The van der Waals surface area contributed by atoms with E-state index in [1.807, 2.05) is 6.07 Å². The fraction of sp³-hybridized carbons (Fsp3) is 0.588. The van der Waals surface area contributed by atoms with Gasteiger partial charge < -0.3 is 11.1 Å². The second-order valence-corrected chi connectivity index (χ2v) is 6.54. The summed E-state index contributed by atoms with van der Waals surface area (Å²) in [5, 5.41) is 3.17. The topological polar surface area (TPSA) is 58.4 Å². The smallest absolute Gasteiger partial charge is 0.240 e. The van der Waals surface area contributed by atoms with Gasteiger partial charge in [0.2, 0.25) is 5.91 Å². The molecule has 2 aliphatic rings. The molecule has 1 unspecified atom stereocenters. The number of hydrogen-bond acceptors (Lipinski definition) is 3. The first kappa shape index (κ1) is 20.2. The van der Waals surface area contributed by atoms with Crippen molar-refractivity contribution in [1.82, 2.24) is 10.2 Å². The molecule has 2 fully saturated rings. The molecule has 1 saturated heterocycles. The van der Waals surface area contributed by atoms with Gasteiger partial charge in [0.25, 0.3) is 0 Å². The van der Waals surface area contributed by atoms with Gasteiger partial charge in [-0.3, -0.25) is 9.69 Å². The van der Waals surface area contributed by atoms with E-state index < -0.39 is 5.54 Å². The lowest BCUT2D eigenvalue weighted by atomic mass is 9.77. The van der Waals surface area contributed by atoms with E-state index >= 15 is 0 Å². The first-order chi connectivity index (χ1) is 10.2. The first-order valence-electron chi connectivity index (χ1n) is 8.02. The molecule has 6 heteroatoms. The number of likely N-dealkylation sites (tertiary alicyclic amines) is 1. The van der Waals surface area contributed by atoms with Gasteiger partial charge in [-0.1, -0.05) is 30.3 Å². The van der Waals surface area contributed by atoms with Crippen LogP contribution in [-0.4, -0.2) is 35.5 Å². The van der Waals surface area contributed by atoms with Crippen molar-refractivity contribution in [3.8, 4) is 0 Å². The first-order valence-corrected chi connectivity index (χ1v) is 8.02. The molecule has 0 bridgehead atoms. The average Bonchev–Trinajstić information content (AvgIpc) is 2.46. The van der Waals surface area contributed by atoms with Crippen molar-refractivity contribution < 1.29 is 4.79 Å². The molecule has 1 atom stereocenters. The summed E-state index contributed by atoms with van der Waals surface area (Å²) < 4.78 is 0. The molecule has 1 aliphatic heterocycles. The standard InChI is InChI=1S/C17H25N3O.2ClH/c18-17(9-5-10-17)16(21)19-15-8-4-11-20(13-15)12-14-6-2-1-3-7-14;;/h1-3,6-7,15H,4-5,8-13,18H2,(H,19,21);2*1H. The van der Waals surface area contributed by atoms with Crippen LogP contribution < -0.4 is 11.1 Å². The van der Waals surface area contributed by atoms with Crippen LogP contribution in [0.1, 0.15) is 37.7 Å². The van der Waals surface area contributed by atoms with Gasteiger partial charge in [-0.25, -0.2) is 0 Å². The molecule has 23 heavy (non-hydrogen) atoms. The van der Waals surface area contributed by atoms with E-state index in [1.165, 1.54) is 5.56 Å². The lowest BCUT2D eigenvalue weighted by molar-refractivity contribution is -0.130. The van der Waals surface area contributed by atoms with Crippen molar-refractivity contribution in [3.05, 3.63) is 35.9 Å². The highest BCUT2D eigenvalue weighted by Crippen LogP contribution is 2.29. The van der Waals surface area contributed by atoms with Crippen LogP contribution >= 0.6 is 24.8 Å². The summed E-state index contributed by atoms with van der Waals surface area (Å²) in [6.07, 6.45) is 4.94. The van der Waals surface area contributed by atoms with Crippen LogP contribution in [0.15, 0.2) is 30.3 Å². The Morgan fingerprint density at radius 1 is 1.22 bits per heavy atom. The third kappa shape index (κ3) is 5.08. The van der Waals surface area contributed by atoms with Crippen molar-refractivity contribution in [2.45, 2.75) is 50.2 Å². The fourth-order valence-electron chi connectivity index (χ4n) is 3.27. The Kier molecular flexibility index (Phi) is 7.81. The number of nitrogens with one attached hydrogen (secondary N) is 1. The predicted octanol–water partition coefficient (Wildman–Crippen LogP) is 2.49. The Labute approximate surface area is 151 Å². The minimum absolute atomic E-state index is 0. The van der Waals surface area contributed by atoms with E-state index in [2.05, 4.69) is 34.5 Å². The molecule has 1 aliphatic carbocycles. The average molecular weight is 360 g/mol. The van der Waals surface area contributed by atoms with Gasteiger partial charge in [0.15, 0.2) is 0 Å². The van der Waals surface area contributed by atoms with Gasteiger partial charge in [0.1, 0.15) is 0 Å². The summed E-state index contributed by atoms with van der Waals surface area (Å²) in [7, 11) is 0. The lowest BCUT2D eigenvalue weighted by Gasteiger charge is -2.39. The summed E-state index contributed by atoms with van der Waals surface area (Å²) >= 11 is 0. The van der Waals surface area contributed by atoms with Gasteiger partial charge in [-0.15, -0.1) is 24.8 Å². The molecule has 0 radical (unpaired) electrons. The van der Waals surface area contributed by atoms with E-state index in [-0.39, 0.29) is 36.8 Å². The summed E-state index contributed by atoms with van der Waals surface area (Å²) in [5.74, 6) is 0.0558. The number of piperidine rings is 1. The van der Waals surface area contributed by atoms with E-state index in [0.29, 0.717) is 0 Å². The van der Waals surface area contributed by atoms with Crippen LogP contribution in [0.4, 0.5) is 0 Å². The number of hydrogen-bond donors (Lipinski definition) is 2. The lowest BCUT2D eigenvalue weighted by Crippen LogP contribution is -2.61. The number of nitrogens with two attached hydrogens (primary N) is 1. The number of benzene rings is 1. The summed E-state index contributed by atoms with van der Waals surface area (Å²) in [6, 6.07) is 10.8. The van der Waals surface area contributed by atoms with Crippen molar-refractivity contribution in [1.29, 1.82) is 0 Å². The van der Waals surface area contributed by atoms with Crippen LogP contribution in [0.5, 0.6) is 0 Å². The van der Waals surface area contributed by atoms with Gasteiger partial charge in [0, 0.05) is 19.1 Å². The Morgan fingerprint density at radius 2 is 1.91 bits per heavy atom. The summed E-state index contributed by atoms with van der Waals surface area (Å²) in [4.78, 5) is 14.7. The van der Waals surface area contributed by atoms with Crippen molar-refractivity contribution >= 4 is 30.7 Å². The molecule has 1 saturated carbocycles. The molecule has 1 amide bonds. The molecule has 1 aromatic rings. The number of halogens is 2. The van der Waals surface area contributed by atoms with E-state index in [4.69, 9.17) is 5.73 Å². The zero-order chi connectivity index (χ0) is 14.7. The second-order valence-electron chi connectivity index (χ2n) is 6.54. The maximum atomic E-state index is 12.2. The molecule has 0 aromatic heterocycles. The van der Waals surface area contributed by atoms with Crippen LogP contribution in [0.3, 0.4) is 0 Å². The Morgan fingerprint density at radius 3 is 2.52 bits per heavy atom. The normalized spacial score (nSPS) is 22.9. The van der Waals surface area contributed by atoms with E-state index in [9.17, 15) is 4.79 Å². The largest absolute Gasteiger partial charge is 0.350 e. The predicted molar refractivity (Wildman–Crippen MR) is 98.1 cm³/mol. The molecule has 0 spiro atoms. The Hall–Kier alpha value is -0.810. The minimum Gasteiger partial charge on any atom is -0.350 e. The zero-order valence-electron chi connectivity index (χ0n) is 13.4. The van der Waals surface area contributed by atoms with Gasteiger partial charge in [-0.2, -0.15) is 0 Å². The number of amides is 1. The van der Waals surface area contributed by atoms with Crippen molar-refractivity contribution in [2.24, 2.45) is 5.73 Å². The fourth-order valence-corrected chi connectivity index (χ4v) is 3.27. The molecule has 1 aromatic carbocycles. The van der Waals surface area contributed by atoms with Crippen LogP contribution in [0.2, 0.25) is 0 Å². The molecular formula is C17H27Cl2N3O. The van der Waals surface area contributed by atoms with Gasteiger partial charge >= 0.3 is 0 Å². The molecule has 1 heterocycles. The molecular weight excluding hydrogens is 333 g/mol. The summed E-state index contributed by atoms with van der Waals surface area (Å²) in [5.41, 5.74) is 6.85. The van der Waals surface area contributed by atoms with E-state index in [0.717, 1.165) is 51.7 Å². The highest BCUT2D eigenvalue weighted by atomic mass is 35.5. The Bertz CT molecular complexity index is 494. The number of nitrogens with zero attached hydrogens (tertiary/aromatic N) is 1. The molecule has 3 N–H and O–H groups in total. The quantitative estimate of drug-likeness (QED) is 0.867. The SMILES string of the molecule is Cl.Cl.NC1(C(=O)NC2CCCN(Cc3ccccc3)C2)CCC1. The molecule has 4 nitrogen and oxygen atoms in total. The molecule has 3 rings (SSSR count). The number of carbonyl (C=O) groups excluding carboxylic acids is 1. The maximum Gasteiger partial charge on any atom is 0.240 e. The van der Waals surface area contributed by atoms with E-state index in [1.54, 1.807) is 0 Å². The monoisotopic (exact) mass is 359 g/mol. The third-order valence-electron chi connectivity index (χ3n) is 4.79. The second kappa shape index (κ2) is 8.88. The zero-order valence-corrected chi connectivity index (χ0v) is 15.0. The minimum atomic E-state index is -0.582. The van der Waals surface area contributed by atoms with Crippen LogP contribution in [0, 0.1) is 0 Å². The number of rotatable bonds is 4. The highest BCUT2D eigenvalue weighted by molar-refractivity contribution is 5.87. The highest BCUT2D eigenvalue weighted by Gasteiger charge is 2.41.